The van der Waals surface area contributed by atoms with Crippen molar-refractivity contribution >= 4 is 32.3 Å². The highest BCUT2D eigenvalue weighted by molar-refractivity contribution is 6.25. The van der Waals surface area contributed by atoms with Gasteiger partial charge in [-0.25, -0.2) is 0 Å². The Kier molecular flexibility index (Phi) is 2.77. The maximum Gasteiger partial charge on any atom is 0.126 e. The predicted octanol–water partition coefficient (Wildman–Crippen LogP) is 6.26. The van der Waals surface area contributed by atoms with E-state index in [1.807, 2.05) is 12.1 Å². The summed E-state index contributed by atoms with van der Waals surface area (Å²) in [6.45, 7) is 0. The van der Waals surface area contributed by atoms with Crippen LogP contribution in [0.1, 0.15) is 0 Å². The molecular weight excluding hydrogens is 292 g/mol. The molecule has 0 saturated carbocycles. The molecule has 24 heavy (non-hydrogen) atoms. The molecule has 1 nitrogen and oxygen atoms in total. The van der Waals surface area contributed by atoms with Crippen LogP contribution in [0.3, 0.4) is 0 Å². The SMILES string of the molecule is COc1ccccc1-c1ccc2ccc3cccc4ccc1c2c34. The maximum absolute atomic E-state index is 5.59. The summed E-state index contributed by atoms with van der Waals surface area (Å²) >= 11 is 0. The van der Waals surface area contributed by atoms with E-state index < -0.39 is 0 Å². The van der Waals surface area contributed by atoms with E-state index in [-0.39, 0.29) is 0 Å². The molecule has 0 aromatic heterocycles. The summed E-state index contributed by atoms with van der Waals surface area (Å²) in [6.07, 6.45) is 0. The zero-order valence-electron chi connectivity index (χ0n) is 13.4. The fourth-order valence-electron chi connectivity index (χ4n) is 3.84. The molecule has 0 aliphatic heterocycles. The lowest BCUT2D eigenvalue weighted by atomic mass is 9.90. The van der Waals surface area contributed by atoms with Crippen molar-refractivity contribution in [2.24, 2.45) is 0 Å². The quantitative estimate of drug-likeness (QED) is 0.350. The highest BCUT2D eigenvalue weighted by Crippen LogP contribution is 2.41. The molecule has 0 aliphatic carbocycles. The third kappa shape index (κ3) is 1.75. The standard InChI is InChI=1S/C23H16O/c1-24-21-8-3-2-7-19(21)18-13-11-17-10-9-15-5-4-6-16-12-14-20(18)23(17)22(15)16/h2-14H,1H3. The third-order valence-corrected chi connectivity index (χ3v) is 4.93. The Hall–Kier alpha value is -3.06. The minimum Gasteiger partial charge on any atom is -0.496 e. The maximum atomic E-state index is 5.59. The predicted molar refractivity (Wildman–Crippen MR) is 102 cm³/mol. The summed E-state index contributed by atoms with van der Waals surface area (Å²) in [5.74, 6) is 0.910. The second-order valence-electron chi connectivity index (χ2n) is 6.17. The Morgan fingerprint density at radius 2 is 1.21 bits per heavy atom. The second kappa shape index (κ2) is 4.97. The van der Waals surface area contributed by atoms with Crippen LogP contribution in [0.4, 0.5) is 0 Å². The lowest BCUT2D eigenvalue weighted by Crippen LogP contribution is -1.90. The fourth-order valence-corrected chi connectivity index (χ4v) is 3.84. The van der Waals surface area contributed by atoms with Crippen molar-refractivity contribution in [1.29, 1.82) is 0 Å². The molecule has 0 spiro atoms. The van der Waals surface area contributed by atoms with Crippen LogP contribution in [0.2, 0.25) is 0 Å². The van der Waals surface area contributed by atoms with E-state index >= 15 is 0 Å². The van der Waals surface area contributed by atoms with Gasteiger partial charge in [0, 0.05) is 5.56 Å². The Morgan fingerprint density at radius 3 is 2.00 bits per heavy atom. The number of methoxy groups -OCH3 is 1. The van der Waals surface area contributed by atoms with Gasteiger partial charge in [0.1, 0.15) is 5.75 Å². The average Bonchev–Trinajstić information content (AvgIpc) is 2.66. The highest BCUT2D eigenvalue weighted by atomic mass is 16.5. The molecule has 5 rings (SSSR count). The van der Waals surface area contributed by atoms with E-state index in [4.69, 9.17) is 4.74 Å². The molecule has 0 amide bonds. The third-order valence-electron chi connectivity index (χ3n) is 4.93. The average molecular weight is 308 g/mol. The van der Waals surface area contributed by atoms with E-state index in [0.29, 0.717) is 0 Å². The molecule has 0 N–H and O–H groups in total. The summed E-state index contributed by atoms with van der Waals surface area (Å²) < 4.78 is 5.59. The van der Waals surface area contributed by atoms with Gasteiger partial charge in [-0.3, -0.25) is 0 Å². The van der Waals surface area contributed by atoms with Crippen LogP contribution in [-0.4, -0.2) is 7.11 Å². The highest BCUT2D eigenvalue weighted by Gasteiger charge is 2.13. The van der Waals surface area contributed by atoms with Gasteiger partial charge in [0.25, 0.3) is 0 Å². The van der Waals surface area contributed by atoms with Gasteiger partial charge >= 0.3 is 0 Å². The summed E-state index contributed by atoms with van der Waals surface area (Å²) in [4.78, 5) is 0. The van der Waals surface area contributed by atoms with Gasteiger partial charge < -0.3 is 4.74 Å². The molecule has 0 atom stereocenters. The molecule has 0 radical (unpaired) electrons. The fraction of sp³-hybridized carbons (Fsp3) is 0.0435. The van der Waals surface area contributed by atoms with Gasteiger partial charge in [-0.1, -0.05) is 72.8 Å². The minimum atomic E-state index is 0.910. The molecule has 5 aromatic rings. The summed E-state index contributed by atoms with van der Waals surface area (Å²) in [5.41, 5.74) is 2.36. The smallest absolute Gasteiger partial charge is 0.126 e. The Balaban J connectivity index is 1.98. The van der Waals surface area contributed by atoms with Crippen LogP contribution < -0.4 is 4.74 Å². The topological polar surface area (TPSA) is 9.23 Å². The van der Waals surface area contributed by atoms with Crippen LogP contribution in [-0.2, 0) is 0 Å². The first kappa shape index (κ1) is 13.4. The number of rotatable bonds is 2. The number of para-hydroxylation sites is 1. The monoisotopic (exact) mass is 308 g/mol. The number of hydrogen-bond donors (Lipinski definition) is 0. The number of hydrogen-bond acceptors (Lipinski definition) is 1. The molecule has 0 heterocycles. The lowest BCUT2D eigenvalue weighted by Gasteiger charge is -2.15. The first-order chi connectivity index (χ1) is 11.9. The van der Waals surface area contributed by atoms with Crippen molar-refractivity contribution in [3.63, 3.8) is 0 Å². The van der Waals surface area contributed by atoms with Crippen molar-refractivity contribution in [2.45, 2.75) is 0 Å². The first-order valence-electron chi connectivity index (χ1n) is 8.17. The van der Waals surface area contributed by atoms with Gasteiger partial charge in [0.2, 0.25) is 0 Å². The number of benzene rings is 5. The van der Waals surface area contributed by atoms with Crippen molar-refractivity contribution < 1.29 is 4.74 Å². The molecule has 0 fully saturated rings. The van der Waals surface area contributed by atoms with Crippen LogP contribution >= 0.6 is 0 Å². The normalized spacial score (nSPS) is 11.5. The van der Waals surface area contributed by atoms with Gasteiger partial charge in [-0.05, 0) is 43.9 Å². The van der Waals surface area contributed by atoms with E-state index in [1.54, 1.807) is 7.11 Å². The van der Waals surface area contributed by atoms with Crippen LogP contribution in [0.25, 0.3) is 43.4 Å². The van der Waals surface area contributed by atoms with Crippen molar-refractivity contribution in [3.05, 3.63) is 78.9 Å². The molecule has 0 aliphatic rings. The molecule has 114 valence electrons. The Labute approximate surface area is 140 Å². The summed E-state index contributed by atoms with van der Waals surface area (Å²) in [5, 5.41) is 7.85. The zero-order valence-corrected chi connectivity index (χ0v) is 13.4. The van der Waals surface area contributed by atoms with Gasteiger partial charge in [0.05, 0.1) is 7.11 Å². The molecule has 0 unspecified atom stereocenters. The van der Waals surface area contributed by atoms with Gasteiger partial charge in [-0.15, -0.1) is 0 Å². The van der Waals surface area contributed by atoms with Crippen LogP contribution in [0.5, 0.6) is 5.75 Å². The Bertz CT molecular complexity index is 1170. The molecule has 0 saturated heterocycles. The Morgan fingerprint density at radius 1 is 0.542 bits per heavy atom. The van der Waals surface area contributed by atoms with Crippen molar-refractivity contribution in [1.82, 2.24) is 0 Å². The van der Waals surface area contributed by atoms with Crippen LogP contribution in [0, 0.1) is 0 Å². The second-order valence-corrected chi connectivity index (χ2v) is 6.17. The summed E-state index contributed by atoms with van der Waals surface area (Å²) in [7, 11) is 1.73. The molecule has 5 aromatic carbocycles. The minimum absolute atomic E-state index is 0.910. The van der Waals surface area contributed by atoms with E-state index in [0.717, 1.165) is 11.3 Å². The van der Waals surface area contributed by atoms with E-state index in [2.05, 4.69) is 66.7 Å². The van der Waals surface area contributed by atoms with Crippen molar-refractivity contribution in [2.75, 3.05) is 7.11 Å². The van der Waals surface area contributed by atoms with E-state index in [9.17, 15) is 0 Å². The molecule has 1 heteroatoms. The summed E-state index contributed by atoms with van der Waals surface area (Å²) in [6, 6.07) is 28.1. The first-order valence-corrected chi connectivity index (χ1v) is 8.17. The van der Waals surface area contributed by atoms with E-state index in [1.165, 1.54) is 37.9 Å². The molecule has 0 bridgehead atoms. The van der Waals surface area contributed by atoms with Gasteiger partial charge in [-0.2, -0.15) is 0 Å². The number of ether oxygens (including phenoxy) is 1. The lowest BCUT2D eigenvalue weighted by molar-refractivity contribution is 0.416. The molecular formula is C23H16O. The van der Waals surface area contributed by atoms with Crippen molar-refractivity contribution in [3.8, 4) is 16.9 Å². The zero-order chi connectivity index (χ0) is 16.1. The largest absolute Gasteiger partial charge is 0.496 e. The van der Waals surface area contributed by atoms with Crippen LogP contribution in [0.15, 0.2) is 78.9 Å². The van der Waals surface area contributed by atoms with Gasteiger partial charge in [0.15, 0.2) is 0 Å².